The molecule has 1 saturated heterocycles. The Hall–Kier alpha value is -1.56. The van der Waals surface area contributed by atoms with Crippen LogP contribution >= 0.6 is 0 Å². The first kappa shape index (κ1) is 18.2. The van der Waals surface area contributed by atoms with Crippen LogP contribution in [0.15, 0.2) is 6.07 Å². The number of carbonyl (C=O) groups excluding carboxylic acids is 1. The van der Waals surface area contributed by atoms with Crippen LogP contribution < -0.4 is 5.32 Å². The van der Waals surface area contributed by atoms with Gasteiger partial charge in [-0.05, 0) is 38.5 Å². The number of rotatable bonds is 4. The number of aryl methyl sites for hydroxylation is 1. The molecule has 1 aliphatic carbocycles. The van der Waals surface area contributed by atoms with Crippen molar-refractivity contribution in [1.82, 2.24) is 14.7 Å². The molecule has 2 amide bonds. The minimum absolute atomic E-state index is 0.0486. The molecule has 1 N–H and O–H groups in total. The Morgan fingerprint density at radius 1 is 1.32 bits per heavy atom. The second-order valence-corrected chi connectivity index (χ2v) is 7.67. The number of anilines is 1. The lowest BCUT2D eigenvalue weighted by Gasteiger charge is -2.34. The number of carbonyl (C=O) groups is 1. The molecule has 25 heavy (non-hydrogen) atoms. The van der Waals surface area contributed by atoms with Crippen LogP contribution in [0, 0.1) is 5.92 Å². The number of nitrogens with zero attached hydrogens (tertiary/aromatic N) is 3. The maximum Gasteiger partial charge on any atom is 0.322 e. The zero-order chi connectivity index (χ0) is 17.8. The van der Waals surface area contributed by atoms with E-state index in [1.54, 1.807) is 4.68 Å². The molecule has 3 rings (SSSR count). The molecule has 140 valence electrons. The van der Waals surface area contributed by atoms with Gasteiger partial charge >= 0.3 is 6.03 Å². The van der Waals surface area contributed by atoms with Crippen LogP contribution in [0.3, 0.4) is 0 Å². The van der Waals surface area contributed by atoms with Crippen LogP contribution in [-0.2, 0) is 11.8 Å². The Balaban J connectivity index is 1.60. The first-order chi connectivity index (χ1) is 12.1. The van der Waals surface area contributed by atoms with Gasteiger partial charge in [-0.15, -0.1) is 0 Å². The summed E-state index contributed by atoms with van der Waals surface area (Å²) in [6.07, 6.45) is 8.56. The van der Waals surface area contributed by atoms with Crippen LogP contribution in [0.2, 0.25) is 0 Å². The zero-order valence-electron chi connectivity index (χ0n) is 15.8. The van der Waals surface area contributed by atoms with E-state index in [1.165, 1.54) is 32.1 Å². The Bertz CT molecular complexity index is 574. The van der Waals surface area contributed by atoms with E-state index in [0.717, 1.165) is 37.6 Å². The molecule has 2 fully saturated rings. The van der Waals surface area contributed by atoms with E-state index in [-0.39, 0.29) is 12.1 Å². The molecule has 6 nitrogen and oxygen atoms in total. The standard InChI is InChI=1S/C19H32N4O2/c1-14(15-8-5-4-6-9-15)22(2)19(24)20-18-12-17(21-23(18)3)16-10-7-11-25-13-16/h12,14-16H,4-11,13H2,1-3H3,(H,20,24)/t14-,16-/m1/s1. The monoisotopic (exact) mass is 348 g/mol. The van der Waals surface area contributed by atoms with E-state index in [2.05, 4.69) is 17.3 Å². The molecule has 0 bridgehead atoms. The largest absolute Gasteiger partial charge is 0.381 e. The first-order valence-corrected chi connectivity index (χ1v) is 9.71. The molecule has 6 heteroatoms. The van der Waals surface area contributed by atoms with Crippen molar-refractivity contribution in [3.8, 4) is 0 Å². The van der Waals surface area contributed by atoms with Gasteiger partial charge in [-0.2, -0.15) is 5.10 Å². The number of aromatic nitrogens is 2. The predicted molar refractivity (Wildman–Crippen MR) is 98.8 cm³/mol. The highest BCUT2D eigenvalue weighted by Gasteiger charge is 2.27. The number of hydrogen-bond donors (Lipinski definition) is 1. The number of nitrogens with one attached hydrogen (secondary N) is 1. The average Bonchev–Trinajstić information content (AvgIpc) is 3.02. The van der Waals surface area contributed by atoms with Crippen LogP contribution in [0.1, 0.15) is 63.5 Å². The Labute approximate surface area is 150 Å². The topological polar surface area (TPSA) is 59.4 Å². The SMILES string of the molecule is C[C@H](C1CCCCC1)N(C)C(=O)Nc1cc([C@@H]2CCCOC2)nn1C. The molecular formula is C19H32N4O2. The lowest BCUT2D eigenvalue weighted by Crippen LogP contribution is -2.43. The molecule has 0 radical (unpaired) electrons. The summed E-state index contributed by atoms with van der Waals surface area (Å²) in [5.74, 6) is 1.71. The van der Waals surface area contributed by atoms with Gasteiger partial charge < -0.3 is 9.64 Å². The van der Waals surface area contributed by atoms with Crippen LogP contribution in [0.4, 0.5) is 10.6 Å². The van der Waals surface area contributed by atoms with Crippen LogP contribution in [0.25, 0.3) is 0 Å². The highest BCUT2D eigenvalue weighted by molar-refractivity contribution is 5.88. The lowest BCUT2D eigenvalue weighted by atomic mass is 9.84. The van der Waals surface area contributed by atoms with Crippen molar-refractivity contribution < 1.29 is 9.53 Å². The minimum Gasteiger partial charge on any atom is -0.381 e. The van der Waals surface area contributed by atoms with Crippen molar-refractivity contribution in [2.24, 2.45) is 13.0 Å². The van der Waals surface area contributed by atoms with Gasteiger partial charge in [0.05, 0.1) is 12.3 Å². The second kappa shape index (κ2) is 8.21. The van der Waals surface area contributed by atoms with Crippen molar-refractivity contribution in [3.05, 3.63) is 11.8 Å². The van der Waals surface area contributed by atoms with Crippen molar-refractivity contribution in [2.45, 2.75) is 63.8 Å². The highest BCUT2D eigenvalue weighted by Crippen LogP contribution is 2.29. The van der Waals surface area contributed by atoms with E-state index < -0.39 is 0 Å². The Kier molecular flexibility index (Phi) is 5.99. The predicted octanol–water partition coefficient (Wildman–Crippen LogP) is 3.75. The molecule has 1 aromatic rings. The summed E-state index contributed by atoms with van der Waals surface area (Å²) < 4.78 is 7.32. The molecule has 1 aromatic heterocycles. The quantitative estimate of drug-likeness (QED) is 0.901. The first-order valence-electron chi connectivity index (χ1n) is 9.71. The fourth-order valence-corrected chi connectivity index (χ4v) is 4.10. The summed E-state index contributed by atoms with van der Waals surface area (Å²) in [4.78, 5) is 14.5. The summed E-state index contributed by atoms with van der Waals surface area (Å²) in [6.45, 7) is 3.74. The third-order valence-corrected chi connectivity index (χ3v) is 5.98. The summed E-state index contributed by atoms with van der Waals surface area (Å²) in [6, 6.07) is 2.21. The smallest absolute Gasteiger partial charge is 0.322 e. The average molecular weight is 348 g/mol. The minimum atomic E-state index is -0.0486. The molecule has 0 unspecified atom stereocenters. The second-order valence-electron chi connectivity index (χ2n) is 7.67. The van der Waals surface area contributed by atoms with Gasteiger partial charge in [-0.1, -0.05) is 19.3 Å². The highest BCUT2D eigenvalue weighted by atomic mass is 16.5. The number of hydrogen-bond acceptors (Lipinski definition) is 3. The summed E-state index contributed by atoms with van der Waals surface area (Å²) in [5.41, 5.74) is 1.01. The summed E-state index contributed by atoms with van der Waals surface area (Å²) in [5, 5.41) is 7.62. The molecule has 0 spiro atoms. The van der Waals surface area contributed by atoms with Gasteiger partial charge in [0.15, 0.2) is 0 Å². The third kappa shape index (κ3) is 4.35. The number of ether oxygens (including phenoxy) is 1. The van der Waals surface area contributed by atoms with Gasteiger partial charge in [-0.3, -0.25) is 10.00 Å². The van der Waals surface area contributed by atoms with Crippen molar-refractivity contribution in [1.29, 1.82) is 0 Å². The van der Waals surface area contributed by atoms with Gasteiger partial charge in [0.25, 0.3) is 0 Å². The fraction of sp³-hybridized carbons (Fsp3) is 0.789. The maximum absolute atomic E-state index is 12.7. The fourth-order valence-electron chi connectivity index (χ4n) is 4.10. The van der Waals surface area contributed by atoms with Crippen LogP contribution in [0.5, 0.6) is 0 Å². The Morgan fingerprint density at radius 3 is 2.76 bits per heavy atom. The molecule has 2 aliphatic rings. The molecule has 1 aliphatic heterocycles. The lowest BCUT2D eigenvalue weighted by molar-refractivity contribution is 0.0791. The molecular weight excluding hydrogens is 316 g/mol. The van der Waals surface area contributed by atoms with E-state index >= 15 is 0 Å². The number of urea groups is 1. The zero-order valence-corrected chi connectivity index (χ0v) is 15.8. The molecule has 1 saturated carbocycles. The van der Waals surface area contributed by atoms with E-state index in [4.69, 9.17) is 4.74 Å². The van der Waals surface area contributed by atoms with Gasteiger partial charge in [0.1, 0.15) is 5.82 Å². The number of amides is 2. The molecule has 0 aromatic carbocycles. The van der Waals surface area contributed by atoms with Crippen molar-refractivity contribution >= 4 is 11.8 Å². The normalized spacial score (nSPS) is 23.2. The maximum atomic E-state index is 12.7. The van der Waals surface area contributed by atoms with Gasteiger partial charge in [0, 0.05) is 38.7 Å². The van der Waals surface area contributed by atoms with E-state index in [1.807, 2.05) is 25.1 Å². The van der Waals surface area contributed by atoms with Gasteiger partial charge in [0.2, 0.25) is 0 Å². The van der Waals surface area contributed by atoms with Gasteiger partial charge in [-0.25, -0.2) is 4.79 Å². The van der Waals surface area contributed by atoms with Crippen LogP contribution in [-0.4, -0.2) is 47.0 Å². The summed E-state index contributed by atoms with van der Waals surface area (Å²) in [7, 11) is 3.79. The summed E-state index contributed by atoms with van der Waals surface area (Å²) >= 11 is 0. The Morgan fingerprint density at radius 2 is 2.08 bits per heavy atom. The third-order valence-electron chi connectivity index (χ3n) is 5.98. The molecule has 2 atom stereocenters. The van der Waals surface area contributed by atoms with Crippen molar-refractivity contribution in [3.63, 3.8) is 0 Å². The van der Waals surface area contributed by atoms with Crippen molar-refractivity contribution in [2.75, 3.05) is 25.6 Å². The van der Waals surface area contributed by atoms with E-state index in [0.29, 0.717) is 11.8 Å². The molecule has 2 heterocycles. The van der Waals surface area contributed by atoms with E-state index in [9.17, 15) is 4.79 Å².